The van der Waals surface area contributed by atoms with Crippen molar-refractivity contribution in [2.45, 2.75) is 103 Å². The Hall–Kier alpha value is -1.52. The Labute approximate surface area is 184 Å². The second-order valence-corrected chi connectivity index (χ2v) is 15.0. The molecule has 0 aromatic rings. The number of alkyl carbamates (subject to hydrolysis) is 1. The smallest absolute Gasteiger partial charge is 0.407 e. The number of ether oxygens (including phenoxy) is 2. The van der Waals surface area contributed by atoms with E-state index in [0.29, 0.717) is 25.9 Å². The fraction of sp³-hybridized carbons (Fsp3) is 0.826. The molecule has 0 bridgehead atoms. The molecule has 0 unspecified atom stereocenters. The summed E-state index contributed by atoms with van der Waals surface area (Å²) in [7, 11) is -0.434. The van der Waals surface area contributed by atoms with Gasteiger partial charge < -0.3 is 19.2 Å². The molecule has 0 aliphatic rings. The van der Waals surface area contributed by atoms with E-state index in [4.69, 9.17) is 20.3 Å². The molecule has 1 amide bonds. The van der Waals surface area contributed by atoms with Crippen LogP contribution in [0.3, 0.4) is 0 Å². The number of hydrogen-bond donors (Lipinski definition) is 1. The summed E-state index contributed by atoms with van der Waals surface area (Å²) in [6.07, 6.45) is 8.00. The Balaban J connectivity index is 5.05. The van der Waals surface area contributed by atoms with Crippen LogP contribution in [0, 0.1) is 18.3 Å². The van der Waals surface area contributed by atoms with E-state index in [0.717, 1.165) is 12.8 Å². The minimum atomic E-state index is -1.78. The maximum Gasteiger partial charge on any atom is 0.407 e. The zero-order valence-corrected chi connectivity index (χ0v) is 21.5. The molecule has 0 saturated carbocycles. The second-order valence-electron chi connectivity index (χ2n) is 10.2. The number of methoxy groups -OCH3 is 1. The fourth-order valence-corrected chi connectivity index (χ4v) is 3.80. The summed E-state index contributed by atoms with van der Waals surface area (Å²) < 4.78 is 16.6. The van der Waals surface area contributed by atoms with Gasteiger partial charge in [-0.1, -0.05) is 20.8 Å². The number of unbranched alkanes of at least 4 members (excludes halogenated alkanes) is 1. The molecule has 0 spiro atoms. The number of nitrogens with one attached hydrogen (secondary N) is 1. The third-order valence-corrected chi connectivity index (χ3v) is 10.0. The van der Waals surface area contributed by atoms with Gasteiger partial charge in [0.25, 0.3) is 0 Å². The molecule has 7 heteroatoms. The van der Waals surface area contributed by atoms with Crippen LogP contribution in [0.25, 0.3) is 0 Å². The highest BCUT2D eigenvalue weighted by atomic mass is 28.4. The molecule has 6 nitrogen and oxygen atoms in total. The number of amides is 1. The van der Waals surface area contributed by atoms with Crippen LogP contribution in [0.2, 0.25) is 18.1 Å². The lowest BCUT2D eigenvalue weighted by atomic mass is 9.91. The molecule has 0 aliphatic carbocycles. The average molecular weight is 442 g/mol. The summed E-state index contributed by atoms with van der Waals surface area (Å²) in [4.78, 5) is 24.7. The maximum absolute atomic E-state index is 12.4. The molecule has 1 N–H and O–H groups in total. The van der Waals surface area contributed by atoms with E-state index in [1.54, 1.807) is 20.8 Å². The quantitative estimate of drug-likeness (QED) is 0.204. The molecule has 30 heavy (non-hydrogen) atoms. The molecule has 0 rings (SSSR count). The lowest BCUT2D eigenvalue weighted by molar-refractivity contribution is -0.146. The van der Waals surface area contributed by atoms with Gasteiger partial charge in [0.15, 0.2) is 8.32 Å². The highest BCUT2D eigenvalue weighted by molar-refractivity contribution is 6.74. The number of terminal acetylenes is 1. The Bertz CT molecular complexity index is 584. The Morgan fingerprint density at radius 1 is 1.07 bits per heavy atom. The van der Waals surface area contributed by atoms with Crippen molar-refractivity contribution in [2.75, 3.05) is 13.7 Å². The Morgan fingerprint density at radius 2 is 1.67 bits per heavy atom. The molecule has 0 heterocycles. The van der Waals surface area contributed by atoms with Crippen molar-refractivity contribution in [1.29, 1.82) is 0 Å². The van der Waals surface area contributed by atoms with Gasteiger partial charge in [-0.3, -0.25) is 4.79 Å². The number of carbonyl (C=O) groups excluding carboxylic acids is 2. The van der Waals surface area contributed by atoms with Crippen molar-refractivity contribution < 1.29 is 23.5 Å². The zero-order valence-electron chi connectivity index (χ0n) is 20.5. The standard InChI is InChI=1S/C23H43NO5Si/c1-11-12-15-18(20(25)27-8)19(24-21(26)29-22(2,3)4)16-13-14-17-28-30(9,10)23(5,6)7/h1,18-19H,12-17H2,2-10H3,(H,24,26)/t18-,19-/m0/s1. The summed E-state index contributed by atoms with van der Waals surface area (Å²) >= 11 is 0. The largest absolute Gasteiger partial charge is 0.469 e. The monoisotopic (exact) mass is 441 g/mol. The van der Waals surface area contributed by atoms with Gasteiger partial charge in [-0.05, 0) is 64.6 Å². The minimum absolute atomic E-state index is 0.166. The summed E-state index contributed by atoms with van der Waals surface area (Å²) in [6, 6.07) is -0.409. The van der Waals surface area contributed by atoms with Crippen LogP contribution in [0.4, 0.5) is 4.79 Å². The van der Waals surface area contributed by atoms with Gasteiger partial charge in [0.1, 0.15) is 5.60 Å². The van der Waals surface area contributed by atoms with E-state index < -0.39 is 32.0 Å². The SMILES string of the molecule is C#CCC[C@H](C(=O)OC)[C@H](CCCCO[Si](C)(C)C(C)(C)C)NC(=O)OC(C)(C)C. The molecular weight excluding hydrogens is 398 g/mol. The third kappa shape index (κ3) is 11.0. The fourth-order valence-electron chi connectivity index (χ4n) is 2.72. The van der Waals surface area contributed by atoms with Crippen molar-refractivity contribution >= 4 is 20.4 Å². The van der Waals surface area contributed by atoms with Crippen LogP contribution < -0.4 is 5.32 Å². The first-order valence-electron chi connectivity index (χ1n) is 10.8. The summed E-state index contributed by atoms with van der Waals surface area (Å²) in [5.74, 6) is 1.68. The first-order chi connectivity index (χ1) is 13.6. The van der Waals surface area contributed by atoms with E-state index in [1.807, 2.05) is 0 Å². The topological polar surface area (TPSA) is 73.9 Å². The number of esters is 1. The number of rotatable bonds is 11. The zero-order chi connectivity index (χ0) is 23.6. The third-order valence-electron chi connectivity index (χ3n) is 5.47. The molecule has 0 aromatic heterocycles. The maximum atomic E-state index is 12.4. The van der Waals surface area contributed by atoms with E-state index in [2.05, 4.69) is 45.1 Å². The first-order valence-corrected chi connectivity index (χ1v) is 13.7. The highest BCUT2D eigenvalue weighted by Gasteiger charge is 2.37. The van der Waals surface area contributed by atoms with Crippen molar-refractivity contribution in [3.63, 3.8) is 0 Å². The second kappa shape index (κ2) is 12.4. The summed E-state index contributed by atoms with van der Waals surface area (Å²) in [5.41, 5.74) is -0.620. The predicted molar refractivity (Wildman–Crippen MR) is 124 cm³/mol. The van der Waals surface area contributed by atoms with Gasteiger partial charge in [-0.15, -0.1) is 12.3 Å². The average Bonchev–Trinajstić information content (AvgIpc) is 2.58. The molecule has 0 aromatic carbocycles. The van der Waals surface area contributed by atoms with Gasteiger partial charge in [0.2, 0.25) is 0 Å². The van der Waals surface area contributed by atoms with Crippen LogP contribution in [0.5, 0.6) is 0 Å². The normalized spacial score (nSPS) is 14.4. The lowest BCUT2D eigenvalue weighted by Gasteiger charge is -2.36. The molecular formula is C23H43NO5Si. The van der Waals surface area contributed by atoms with E-state index >= 15 is 0 Å². The van der Waals surface area contributed by atoms with Crippen LogP contribution in [-0.2, 0) is 18.7 Å². The number of hydrogen-bond acceptors (Lipinski definition) is 5. The minimum Gasteiger partial charge on any atom is -0.469 e. The lowest BCUT2D eigenvalue weighted by Crippen LogP contribution is -2.45. The molecule has 2 atom stereocenters. The van der Waals surface area contributed by atoms with E-state index in [-0.39, 0.29) is 11.0 Å². The predicted octanol–water partition coefficient (Wildman–Crippen LogP) is 5.27. The van der Waals surface area contributed by atoms with Gasteiger partial charge in [-0.25, -0.2) is 4.79 Å². The molecule has 0 aliphatic heterocycles. The van der Waals surface area contributed by atoms with Crippen LogP contribution >= 0.6 is 0 Å². The summed E-state index contributed by atoms with van der Waals surface area (Å²) in [6.45, 7) is 17.2. The van der Waals surface area contributed by atoms with Gasteiger partial charge in [-0.2, -0.15) is 0 Å². The first kappa shape index (κ1) is 28.5. The van der Waals surface area contributed by atoms with E-state index in [9.17, 15) is 9.59 Å². The number of carbonyl (C=O) groups is 2. The van der Waals surface area contributed by atoms with E-state index in [1.165, 1.54) is 7.11 Å². The van der Waals surface area contributed by atoms with Crippen LogP contribution in [-0.4, -0.2) is 45.7 Å². The summed E-state index contributed by atoms with van der Waals surface area (Å²) in [5, 5.41) is 3.03. The van der Waals surface area contributed by atoms with Crippen LogP contribution in [0.15, 0.2) is 0 Å². The van der Waals surface area contributed by atoms with Gasteiger partial charge in [0, 0.05) is 19.1 Å². The highest BCUT2D eigenvalue weighted by Crippen LogP contribution is 2.36. The van der Waals surface area contributed by atoms with Crippen molar-refractivity contribution in [3.8, 4) is 12.3 Å². The molecule has 174 valence electrons. The molecule has 0 saturated heterocycles. The van der Waals surface area contributed by atoms with Gasteiger partial charge >= 0.3 is 12.1 Å². The Kier molecular flexibility index (Phi) is 11.7. The Morgan fingerprint density at radius 3 is 2.13 bits per heavy atom. The van der Waals surface area contributed by atoms with Crippen molar-refractivity contribution in [3.05, 3.63) is 0 Å². The van der Waals surface area contributed by atoms with Crippen molar-refractivity contribution in [2.24, 2.45) is 5.92 Å². The van der Waals surface area contributed by atoms with Gasteiger partial charge in [0.05, 0.1) is 13.0 Å². The van der Waals surface area contributed by atoms with Crippen LogP contribution in [0.1, 0.15) is 73.6 Å². The van der Waals surface area contributed by atoms with Crippen molar-refractivity contribution in [1.82, 2.24) is 5.32 Å². The molecule has 0 radical (unpaired) electrons. The molecule has 0 fully saturated rings.